The minimum atomic E-state index is -0.281. The highest BCUT2D eigenvalue weighted by Crippen LogP contribution is 2.24. The molecule has 0 bridgehead atoms. The molecule has 2 rings (SSSR count). The third-order valence-corrected chi connectivity index (χ3v) is 2.38. The summed E-state index contributed by atoms with van der Waals surface area (Å²) in [6, 6.07) is 8.52. The molecule has 2 aromatic rings. The molecule has 0 atom stereocenters. The van der Waals surface area contributed by atoms with Crippen molar-refractivity contribution in [2.24, 2.45) is 0 Å². The van der Waals surface area contributed by atoms with Gasteiger partial charge in [-0.2, -0.15) is 0 Å². The Labute approximate surface area is 83.5 Å². The zero-order chi connectivity index (χ0) is 9.42. The summed E-state index contributed by atoms with van der Waals surface area (Å²) in [6.07, 6.45) is 0. The van der Waals surface area contributed by atoms with E-state index < -0.39 is 0 Å². The highest BCUT2D eigenvalue weighted by Gasteiger charge is 2.02. The fourth-order valence-electron chi connectivity index (χ4n) is 1.31. The molecule has 66 valence electrons. The van der Waals surface area contributed by atoms with Gasteiger partial charge in [-0.05, 0) is 29.7 Å². The molecule has 0 heterocycles. The van der Waals surface area contributed by atoms with E-state index in [0.717, 1.165) is 9.86 Å². The van der Waals surface area contributed by atoms with Crippen LogP contribution in [0.4, 0.5) is 10.1 Å². The Bertz CT molecular complexity index is 468. The topological polar surface area (TPSA) is 26.0 Å². The number of nitrogen functional groups attached to an aromatic ring is 1. The molecule has 2 N–H and O–H groups in total. The van der Waals surface area contributed by atoms with Crippen molar-refractivity contribution in [1.29, 1.82) is 0 Å². The maximum atomic E-state index is 13.3. The minimum absolute atomic E-state index is 0.281. The number of rotatable bonds is 0. The van der Waals surface area contributed by atoms with E-state index >= 15 is 0 Å². The van der Waals surface area contributed by atoms with Crippen molar-refractivity contribution in [3.05, 3.63) is 40.6 Å². The van der Waals surface area contributed by atoms with Gasteiger partial charge < -0.3 is 5.73 Å². The van der Waals surface area contributed by atoms with Crippen LogP contribution in [0.1, 0.15) is 0 Å². The number of halogens is 2. The van der Waals surface area contributed by atoms with Gasteiger partial charge in [0.2, 0.25) is 0 Å². The van der Waals surface area contributed by atoms with Gasteiger partial charge in [-0.3, -0.25) is 0 Å². The van der Waals surface area contributed by atoms with Crippen LogP contribution in [0.2, 0.25) is 0 Å². The van der Waals surface area contributed by atoms with Crippen LogP contribution in [0.15, 0.2) is 34.8 Å². The van der Waals surface area contributed by atoms with E-state index in [0.29, 0.717) is 11.1 Å². The monoisotopic (exact) mass is 239 g/mol. The van der Waals surface area contributed by atoms with E-state index in [9.17, 15) is 4.39 Å². The van der Waals surface area contributed by atoms with Gasteiger partial charge in [0, 0.05) is 15.5 Å². The molecule has 0 amide bonds. The number of nitrogens with two attached hydrogens (primary N) is 1. The molecule has 1 nitrogen and oxygen atoms in total. The van der Waals surface area contributed by atoms with Gasteiger partial charge >= 0.3 is 0 Å². The SMILES string of the molecule is Nc1cc(F)c2cc(Br)ccc2c1. The van der Waals surface area contributed by atoms with Crippen LogP contribution >= 0.6 is 15.9 Å². The van der Waals surface area contributed by atoms with Crippen LogP contribution in [0, 0.1) is 5.82 Å². The van der Waals surface area contributed by atoms with E-state index in [1.165, 1.54) is 6.07 Å². The van der Waals surface area contributed by atoms with Crippen molar-refractivity contribution >= 4 is 32.4 Å². The van der Waals surface area contributed by atoms with Crippen molar-refractivity contribution < 1.29 is 4.39 Å². The number of benzene rings is 2. The van der Waals surface area contributed by atoms with Crippen LogP contribution in [-0.2, 0) is 0 Å². The molecular formula is C10H7BrFN. The molecule has 0 radical (unpaired) electrons. The Morgan fingerprint density at radius 1 is 1.15 bits per heavy atom. The predicted molar refractivity (Wildman–Crippen MR) is 56.0 cm³/mol. The van der Waals surface area contributed by atoms with E-state index in [4.69, 9.17) is 5.73 Å². The smallest absolute Gasteiger partial charge is 0.133 e. The summed E-state index contributed by atoms with van der Waals surface area (Å²) in [6.45, 7) is 0. The molecule has 0 saturated heterocycles. The first-order chi connectivity index (χ1) is 6.16. The molecule has 13 heavy (non-hydrogen) atoms. The summed E-state index contributed by atoms with van der Waals surface area (Å²) in [7, 11) is 0. The molecule has 0 saturated carbocycles. The third kappa shape index (κ3) is 1.52. The van der Waals surface area contributed by atoms with Gasteiger partial charge in [-0.1, -0.05) is 22.0 Å². The molecule has 3 heteroatoms. The molecule has 0 aliphatic heterocycles. The first kappa shape index (κ1) is 8.51. The van der Waals surface area contributed by atoms with Crippen molar-refractivity contribution in [3.8, 4) is 0 Å². The van der Waals surface area contributed by atoms with Crippen LogP contribution in [0.3, 0.4) is 0 Å². The Kier molecular flexibility index (Phi) is 1.96. The molecule has 0 aliphatic carbocycles. The summed E-state index contributed by atoms with van der Waals surface area (Å²) < 4.78 is 14.2. The van der Waals surface area contributed by atoms with Crippen molar-refractivity contribution in [1.82, 2.24) is 0 Å². The summed E-state index contributed by atoms with van der Waals surface area (Å²) >= 11 is 3.29. The fourth-order valence-corrected chi connectivity index (χ4v) is 1.67. The van der Waals surface area contributed by atoms with Crippen LogP contribution in [0.25, 0.3) is 10.8 Å². The Morgan fingerprint density at radius 2 is 1.92 bits per heavy atom. The van der Waals surface area contributed by atoms with Gasteiger partial charge in [-0.15, -0.1) is 0 Å². The second kappa shape index (κ2) is 3.00. The first-order valence-corrected chi connectivity index (χ1v) is 4.60. The molecule has 2 aromatic carbocycles. The van der Waals surface area contributed by atoms with Gasteiger partial charge in [0.05, 0.1) is 0 Å². The fraction of sp³-hybridized carbons (Fsp3) is 0. The highest BCUT2D eigenvalue weighted by atomic mass is 79.9. The van der Waals surface area contributed by atoms with Crippen molar-refractivity contribution in [2.45, 2.75) is 0 Å². The standard InChI is InChI=1S/C10H7BrFN/c11-7-2-1-6-3-8(13)5-10(12)9(6)4-7/h1-5H,13H2. The minimum Gasteiger partial charge on any atom is -0.399 e. The van der Waals surface area contributed by atoms with Crippen LogP contribution in [-0.4, -0.2) is 0 Å². The van der Waals surface area contributed by atoms with Crippen LogP contribution < -0.4 is 5.73 Å². The van der Waals surface area contributed by atoms with Gasteiger partial charge in [0.1, 0.15) is 5.82 Å². The average Bonchev–Trinajstić information content (AvgIpc) is 2.06. The Balaban J connectivity index is 2.87. The quantitative estimate of drug-likeness (QED) is 0.702. The number of fused-ring (bicyclic) bond motifs is 1. The lowest BCUT2D eigenvalue weighted by atomic mass is 10.1. The zero-order valence-electron chi connectivity index (χ0n) is 6.72. The van der Waals surface area contributed by atoms with E-state index in [1.807, 2.05) is 12.1 Å². The highest BCUT2D eigenvalue weighted by molar-refractivity contribution is 9.10. The lowest BCUT2D eigenvalue weighted by Crippen LogP contribution is -1.87. The van der Waals surface area contributed by atoms with Gasteiger partial charge in [0.25, 0.3) is 0 Å². The second-order valence-corrected chi connectivity index (χ2v) is 3.78. The van der Waals surface area contributed by atoms with Crippen molar-refractivity contribution in [2.75, 3.05) is 5.73 Å². The van der Waals surface area contributed by atoms with E-state index in [-0.39, 0.29) is 5.82 Å². The lowest BCUT2D eigenvalue weighted by molar-refractivity contribution is 0.640. The van der Waals surface area contributed by atoms with Gasteiger partial charge in [0.15, 0.2) is 0 Å². The van der Waals surface area contributed by atoms with E-state index in [2.05, 4.69) is 15.9 Å². The molecule has 0 unspecified atom stereocenters. The Hall–Kier alpha value is -1.09. The van der Waals surface area contributed by atoms with Crippen molar-refractivity contribution in [3.63, 3.8) is 0 Å². The molecule has 0 fully saturated rings. The molecule has 0 aromatic heterocycles. The maximum absolute atomic E-state index is 13.3. The summed E-state index contributed by atoms with van der Waals surface area (Å²) in [5, 5.41) is 1.41. The zero-order valence-corrected chi connectivity index (χ0v) is 8.31. The first-order valence-electron chi connectivity index (χ1n) is 3.81. The summed E-state index contributed by atoms with van der Waals surface area (Å²) in [5.41, 5.74) is 5.96. The lowest BCUT2D eigenvalue weighted by Gasteiger charge is -2.01. The third-order valence-electron chi connectivity index (χ3n) is 1.89. The predicted octanol–water partition coefficient (Wildman–Crippen LogP) is 3.32. The normalized spacial score (nSPS) is 10.6. The largest absolute Gasteiger partial charge is 0.399 e. The Morgan fingerprint density at radius 3 is 2.69 bits per heavy atom. The number of anilines is 1. The van der Waals surface area contributed by atoms with Gasteiger partial charge in [-0.25, -0.2) is 4.39 Å². The number of hydrogen-bond acceptors (Lipinski definition) is 1. The van der Waals surface area contributed by atoms with Crippen LogP contribution in [0.5, 0.6) is 0 Å². The summed E-state index contributed by atoms with van der Waals surface area (Å²) in [4.78, 5) is 0. The molecule has 0 spiro atoms. The maximum Gasteiger partial charge on any atom is 0.133 e. The average molecular weight is 240 g/mol. The van der Waals surface area contributed by atoms with E-state index in [1.54, 1.807) is 12.1 Å². The second-order valence-electron chi connectivity index (χ2n) is 2.87. The number of hydrogen-bond donors (Lipinski definition) is 1. The summed E-state index contributed by atoms with van der Waals surface area (Å²) in [5.74, 6) is -0.281. The molecule has 0 aliphatic rings. The molecular weight excluding hydrogens is 233 g/mol.